The van der Waals surface area contributed by atoms with Crippen LogP contribution < -0.4 is 0 Å². The third-order valence-corrected chi connectivity index (χ3v) is 1.26. The van der Waals surface area contributed by atoms with Crippen LogP contribution in [-0.4, -0.2) is 19.9 Å². The van der Waals surface area contributed by atoms with Gasteiger partial charge in [0.15, 0.2) is 0 Å². The molecular weight excluding hydrogens is 103 g/mol. The Balaban J connectivity index is 2.33. The smallest absolute Gasteiger partial charge is 0.413 e. The predicted octanol–water partition coefficient (Wildman–Crippen LogP) is 0.736. The Bertz CT molecular complexity index is 74.5. The molecule has 0 aliphatic carbocycles. The molecule has 0 atom stereocenters. The topological polar surface area (TPSA) is 18.5 Å². The summed E-state index contributed by atoms with van der Waals surface area (Å²) in [6.07, 6.45) is 0.976. The number of hydrogen-bond donors (Lipinski definition) is 0. The molecule has 0 unspecified atom stereocenters. The highest BCUT2D eigenvalue weighted by Gasteiger charge is 2.22. The minimum absolute atomic E-state index is 0.00174. The number of hydrogen-bond acceptors (Lipinski definition) is 2. The van der Waals surface area contributed by atoms with E-state index in [2.05, 4.69) is 0 Å². The van der Waals surface area contributed by atoms with Gasteiger partial charge in [0, 0.05) is 12.2 Å². The molecule has 1 saturated heterocycles. The molecule has 0 spiro atoms. The molecule has 0 N–H and O–H groups in total. The Morgan fingerprint density at radius 1 is 1.50 bits per heavy atom. The molecule has 1 rings (SSSR count). The van der Waals surface area contributed by atoms with Gasteiger partial charge in [0.1, 0.15) is 0 Å². The van der Waals surface area contributed by atoms with Gasteiger partial charge in [0.25, 0.3) is 0 Å². The molecule has 45 valence electrons. The Hall–Kier alpha value is -0.0151. The highest BCUT2D eigenvalue weighted by Crippen LogP contribution is 2.16. The second-order valence-electron chi connectivity index (χ2n) is 2.59. The lowest BCUT2D eigenvalue weighted by Gasteiger charge is -2.28. The van der Waals surface area contributed by atoms with Gasteiger partial charge in [-0.1, -0.05) is 0 Å². The predicted molar refractivity (Wildman–Crippen MR) is 31.5 cm³/mol. The van der Waals surface area contributed by atoms with Crippen molar-refractivity contribution >= 4 is 7.69 Å². The maximum atomic E-state index is 5.12. The van der Waals surface area contributed by atoms with E-state index in [4.69, 9.17) is 9.31 Å². The van der Waals surface area contributed by atoms with Crippen LogP contribution in [0.1, 0.15) is 20.3 Å². The summed E-state index contributed by atoms with van der Waals surface area (Å²) in [6, 6.07) is 0. The summed E-state index contributed by atoms with van der Waals surface area (Å²) in [6.45, 7) is 4.88. The van der Waals surface area contributed by atoms with Crippen LogP contribution >= 0.6 is 0 Å². The van der Waals surface area contributed by atoms with Crippen molar-refractivity contribution in [2.24, 2.45) is 0 Å². The average molecular weight is 113 g/mol. The lowest BCUT2D eigenvalue weighted by atomic mass is 10.0. The summed E-state index contributed by atoms with van der Waals surface area (Å²) in [5, 5.41) is 0. The van der Waals surface area contributed by atoms with Gasteiger partial charge in [0.2, 0.25) is 0 Å². The molecule has 3 heteroatoms. The van der Waals surface area contributed by atoms with E-state index in [0.29, 0.717) is 0 Å². The van der Waals surface area contributed by atoms with Gasteiger partial charge in [-0.15, -0.1) is 0 Å². The van der Waals surface area contributed by atoms with Crippen molar-refractivity contribution in [1.29, 1.82) is 0 Å². The Labute approximate surface area is 50.5 Å². The lowest BCUT2D eigenvalue weighted by Crippen LogP contribution is -2.34. The van der Waals surface area contributed by atoms with Crippen molar-refractivity contribution in [1.82, 2.24) is 0 Å². The fourth-order valence-corrected chi connectivity index (χ4v) is 0.576. The molecular formula is C5H10BO2. The molecule has 0 aromatic carbocycles. The van der Waals surface area contributed by atoms with Gasteiger partial charge in [0.05, 0.1) is 0 Å². The fraction of sp³-hybridized carbons (Fsp3) is 1.00. The zero-order valence-corrected chi connectivity index (χ0v) is 5.31. The van der Waals surface area contributed by atoms with Crippen LogP contribution in [0.5, 0.6) is 0 Å². The number of rotatable bonds is 0. The first kappa shape index (κ1) is 6.11. The molecule has 0 bridgehead atoms. The Kier molecular flexibility index (Phi) is 1.58. The molecule has 0 aromatic rings. The highest BCUT2D eigenvalue weighted by atomic mass is 16.6. The second-order valence-corrected chi connectivity index (χ2v) is 2.59. The van der Waals surface area contributed by atoms with Gasteiger partial charge >= 0.3 is 7.69 Å². The SMILES string of the molecule is CC1(C)CCO[B]O1. The zero-order valence-electron chi connectivity index (χ0n) is 5.31. The quantitative estimate of drug-likeness (QED) is 0.431. The van der Waals surface area contributed by atoms with E-state index in [0.717, 1.165) is 13.0 Å². The van der Waals surface area contributed by atoms with Crippen molar-refractivity contribution in [3.8, 4) is 0 Å². The van der Waals surface area contributed by atoms with E-state index in [1.807, 2.05) is 13.8 Å². The first-order valence-corrected chi connectivity index (χ1v) is 2.82. The molecule has 8 heavy (non-hydrogen) atoms. The summed E-state index contributed by atoms with van der Waals surface area (Å²) in [5.41, 5.74) is -0.00174. The van der Waals surface area contributed by atoms with Crippen molar-refractivity contribution in [3.63, 3.8) is 0 Å². The van der Waals surface area contributed by atoms with E-state index in [1.165, 1.54) is 7.69 Å². The van der Waals surface area contributed by atoms with Crippen LogP contribution in [0.15, 0.2) is 0 Å². The van der Waals surface area contributed by atoms with Gasteiger partial charge in [-0.2, -0.15) is 0 Å². The molecule has 1 fully saturated rings. The van der Waals surface area contributed by atoms with Crippen LogP contribution in [0.25, 0.3) is 0 Å². The summed E-state index contributed by atoms with van der Waals surface area (Å²) < 4.78 is 9.98. The summed E-state index contributed by atoms with van der Waals surface area (Å²) in [4.78, 5) is 0. The van der Waals surface area contributed by atoms with Gasteiger partial charge in [-0.3, -0.25) is 0 Å². The van der Waals surface area contributed by atoms with E-state index in [-0.39, 0.29) is 5.60 Å². The third-order valence-electron chi connectivity index (χ3n) is 1.26. The van der Waals surface area contributed by atoms with Crippen molar-refractivity contribution in [2.45, 2.75) is 25.9 Å². The summed E-state index contributed by atoms with van der Waals surface area (Å²) in [5.74, 6) is 0. The van der Waals surface area contributed by atoms with E-state index in [9.17, 15) is 0 Å². The Morgan fingerprint density at radius 3 is 2.50 bits per heavy atom. The van der Waals surface area contributed by atoms with E-state index < -0.39 is 0 Å². The molecule has 1 radical (unpaired) electrons. The van der Waals surface area contributed by atoms with Crippen molar-refractivity contribution in [2.75, 3.05) is 6.61 Å². The zero-order chi connectivity index (χ0) is 6.04. The van der Waals surface area contributed by atoms with Crippen molar-refractivity contribution < 1.29 is 9.31 Å². The monoisotopic (exact) mass is 113 g/mol. The minimum atomic E-state index is -0.00174. The van der Waals surface area contributed by atoms with Crippen molar-refractivity contribution in [3.05, 3.63) is 0 Å². The van der Waals surface area contributed by atoms with Gasteiger partial charge < -0.3 is 9.31 Å². The van der Waals surface area contributed by atoms with Crippen LogP contribution in [0, 0.1) is 0 Å². The minimum Gasteiger partial charge on any atom is -0.413 e. The highest BCUT2D eigenvalue weighted by molar-refractivity contribution is 6.18. The maximum Gasteiger partial charge on any atom is 0.488 e. The van der Waals surface area contributed by atoms with E-state index in [1.54, 1.807) is 0 Å². The fourth-order valence-electron chi connectivity index (χ4n) is 0.576. The molecule has 0 amide bonds. The standard InChI is InChI=1S/C5H10BO2/c1-5(2)3-4-7-6-8-5/h3-4H2,1-2H3. The van der Waals surface area contributed by atoms with Crippen LogP contribution in [0.3, 0.4) is 0 Å². The van der Waals surface area contributed by atoms with Gasteiger partial charge in [-0.05, 0) is 20.3 Å². The summed E-state index contributed by atoms with van der Waals surface area (Å²) >= 11 is 0. The van der Waals surface area contributed by atoms with Crippen LogP contribution in [0.2, 0.25) is 0 Å². The largest absolute Gasteiger partial charge is 0.488 e. The van der Waals surface area contributed by atoms with Crippen LogP contribution in [-0.2, 0) is 9.31 Å². The Morgan fingerprint density at radius 2 is 2.25 bits per heavy atom. The molecule has 1 aliphatic rings. The first-order valence-electron chi connectivity index (χ1n) is 2.82. The first-order chi connectivity index (χ1) is 3.71. The van der Waals surface area contributed by atoms with Gasteiger partial charge in [-0.25, -0.2) is 0 Å². The molecule has 2 nitrogen and oxygen atoms in total. The average Bonchev–Trinajstić information content (AvgIpc) is 1.65. The second kappa shape index (κ2) is 2.07. The molecule has 1 heterocycles. The lowest BCUT2D eigenvalue weighted by molar-refractivity contribution is 0.0198. The normalized spacial score (nSPS) is 26.8. The van der Waals surface area contributed by atoms with E-state index >= 15 is 0 Å². The third kappa shape index (κ3) is 1.49. The maximum absolute atomic E-state index is 5.12. The molecule has 0 saturated carbocycles. The summed E-state index contributed by atoms with van der Waals surface area (Å²) in [7, 11) is 1.42. The van der Waals surface area contributed by atoms with Crippen LogP contribution in [0.4, 0.5) is 0 Å². The molecule has 0 aromatic heterocycles. The molecule has 1 aliphatic heterocycles.